The molecule has 0 aromatic heterocycles. The van der Waals surface area contributed by atoms with Gasteiger partial charge in [-0.2, -0.15) is 0 Å². The van der Waals surface area contributed by atoms with E-state index in [1.54, 1.807) is 12.1 Å². The number of rotatable bonds is 5. The molecule has 1 fully saturated rings. The number of hydrogen-bond donors (Lipinski definition) is 1. The van der Waals surface area contributed by atoms with Gasteiger partial charge in [-0.05, 0) is 32.7 Å². The molecule has 6 heteroatoms. The zero-order valence-corrected chi connectivity index (χ0v) is 12.1. The first-order valence-electron chi connectivity index (χ1n) is 7.18. The summed E-state index contributed by atoms with van der Waals surface area (Å²) in [5.74, 6) is -0.984. The fourth-order valence-corrected chi connectivity index (χ4v) is 2.94. The summed E-state index contributed by atoms with van der Waals surface area (Å²) in [5, 5.41) is 20.0. The molecule has 0 saturated carbocycles. The van der Waals surface area contributed by atoms with Crippen LogP contribution in [-0.4, -0.2) is 40.0 Å². The van der Waals surface area contributed by atoms with Gasteiger partial charge in [-0.1, -0.05) is 18.2 Å². The molecule has 0 spiro atoms. The Kier molecular flexibility index (Phi) is 4.90. The third-order valence-corrected chi connectivity index (χ3v) is 4.22. The standard InChI is InChI=1S/C15H20N2O4/c1-11-10-13(15(18)19)7-9-16(11)8-6-12-4-2-3-5-14(12)17(20)21/h2-5,11,13H,6-10H2,1H3,(H,18,19). The molecule has 1 heterocycles. The molecule has 1 N–H and O–H groups in total. The molecule has 114 valence electrons. The number of likely N-dealkylation sites (tertiary alicyclic amines) is 1. The molecule has 21 heavy (non-hydrogen) atoms. The number of nitro groups is 1. The molecular weight excluding hydrogens is 272 g/mol. The van der Waals surface area contributed by atoms with Gasteiger partial charge in [-0.15, -0.1) is 0 Å². The molecular formula is C15H20N2O4. The second-order valence-corrected chi connectivity index (χ2v) is 5.58. The molecule has 0 radical (unpaired) electrons. The predicted molar refractivity (Wildman–Crippen MR) is 78.2 cm³/mol. The zero-order chi connectivity index (χ0) is 15.4. The summed E-state index contributed by atoms with van der Waals surface area (Å²) in [6.45, 7) is 3.48. The lowest BCUT2D eigenvalue weighted by Gasteiger charge is -2.36. The van der Waals surface area contributed by atoms with E-state index in [0.717, 1.165) is 18.7 Å². The third kappa shape index (κ3) is 3.78. The average Bonchev–Trinajstić information content (AvgIpc) is 2.46. The largest absolute Gasteiger partial charge is 0.481 e. The lowest BCUT2D eigenvalue weighted by molar-refractivity contribution is -0.385. The van der Waals surface area contributed by atoms with Gasteiger partial charge in [-0.3, -0.25) is 14.9 Å². The van der Waals surface area contributed by atoms with Crippen molar-refractivity contribution in [1.29, 1.82) is 0 Å². The Balaban J connectivity index is 1.95. The van der Waals surface area contributed by atoms with Crippen LogP contribution in [0.25, 0.3) is 0 Å². The number of benzene rings is 1. The highest BCUT2D eigenvalue weighted by Gasteiger charge is 2.29. The van der Waals surface area contributed by atoms with Crippen molar-refractivity contribution in [2.45, 2.75) is 32.2 Å². The summed E-state index contributed by atoms with van der Waals surface area (Å²) in [7, 11) is 0. The topological polar surface area (TPSA) is 83.7 Å². The van der Waals surface area contributed by atoms with E-state index in [-0.39, 0.29) is 22.6 Å². The van der Waals surface area contributed by atoms with E-state index >= 15 is 0 Å². The van der Waals surface area contributed by atoms with Gasteiger partial charge in [0.25, 0.3) is 5.69 Å². The molecule has 1 aliphatic rings. The van der Waals surface area contributed by atoms with Crippen molar-refractivity contribution in [3.63, 3.8) is 0 Å². The van der Waals surface area contributed by atoms with Crippen LogP contribution >= 0.6 is 0 Å². The lowest BCUT2D eigenvalue weighted by Crippen LogP contribution is -2.43. The maximum Gasteiger partial charge on any atom is 0.306 e. The summed E-state index contributed by atoms with van der Waals surface area (Å²) in [6.07, 6.45) is 1.90. The first kappa shape index (κ1) is 15.4. The number of nitro benzene ring substituents is 1. The number of piperidine rings is 1. The first-order chi connectivity index (χ1) is 9.99. The number of carbonyl (C=O) groups is 1. The Bertz CT molecular complexity index is 532. The Morgan fingerprint density at radius 3 is 2.81 bits per heavy atom. The maximum absolute atomic E-state index is 11.0. The second kappa shape index (κ2) is 6.67. The summed E-state index contributed by atoms with van der Waals surface area (Å²) in [6, 6.07) is 6.98. The maximum atomic E-state index is 11.0. The van der Waals surface area contributed by atoms with Crippen LogP contribution in [0.5, 0.6) is 0 Å². The number of para-hydroxylation sites is 1. The van der Waals surface area contributed by atoms with E-state index in [1.165, 1.54) is 6.07 Å². The Hall–Kier alpha value is -1.95. The van der Waals surface area contributed by atoms with Crippen LogP contribution in [0.4, 0.5) is 5.69 Å². The Labute approximate surface area is 123 Å². The number of nitrogens with zero attached hydrogens (tertiary/aromatic N) is 2. The van der Waals surface area contributed by atoms with E-state index in [1.807, 2.05) is 13.0 Å². The molecule has 2 unspecified atom stereocenters. The molecule has 1 aromatic rings. The quantitative estimate of drug-likeness (QED) is 0.665. The monoisotopic (exact) mass is 292 g/mol. The second-order valence-electron chi connectivity index (χ2n) is 5.58. The summed E-state index contributed by atoms with van der Waals surface area (Å²) in [5.41, 5.74) is 0.889. The molecule has 0 amide bonds. The highest BCUT2D eigenvalue weighted by atomic mass is 16.6. The minimum Gasteiger partial charge on any atom is -0.481 e. The fourth-order valence-electron chi connectivity index (χ4n) is 2.94. The molecule has 1 aliphatic heterocycles. The van der Waals surface area contributed by atoms with Gasteiger partial charge in [0, 0.05) is 24.2 Å². The van der Waals surface area contributed by atoms with Crippen LogP contribution in [0.3, 0.4) is 0 Å². The number of carboxylic acids is 1. The van der Waals surface area contributed by atoms with E-state index in [9.17, 15) is 14.9 Å². The summed E-state index contributed by atoms with van der Waals surface area (Å²) >= 11 is 0. The van der Waals surface area contributed by atoms with E-state index in [2.05, 4.69) is 4.90 Å². The van der Waals surface area contributed by atoms with Gasteiger partial charge in [0.15, 0.2) is 0 Å². The van der Waals surface area contributed by atoms with Crippen LogP contribution < -0.4 is 0 Å². The molecule has 1 saturated heterocycles. The molecule has 1 aromatic carbocycles. The van der Waals surface area contributed by atoms with Crippen LogP contribution in [0.15, 0.2) is 24.3 Å². The molecule has 0 bridgehead atoms. The van der Waals surface area contributed by atoms with Crippen molar-refractivity contribution in [2.75, 3.05) is 13.1 Å². The smallest absolute Gasteiger partial charge is 0.306 e. The van der Waals surface area contributed by atoms with Gasteiger partial charge in [-0.25, -0.2) is 0 Å². The molecule has 2 rings (SSSR count). The minimum atomic E-state index is -0.722. The van der Waals surface area contributed by atoms with Crippen molar-refractivity contribution < 1.29 is 14.8 Å². The third-order valence-electron chi connectivity index (χ3n) is 4.22. The lowest BCUT2D eigenvalue weighted by atomic mass is 9.91. The van der Waals surface area contributed by atoms with Gasteiger partial charge in [0.1, 0.15) is 0 Å². The molecule has 6 nitrogen and oxygen atoms in total. The van der Waals surface area contributed by atoms with E-state index in [0.29, 0.717) is 19.3 Å². The van der Waals surface area contributed by atoms with Crippen molar-refractivity contribution >= 4 is 11.7 Å². The van der Waals surface area contributed by atoms with Gasteiger partial charge in [0.2, 0.25) is 0 Å². The summed E-state index contributed by atoms with van der Waals surface area (Å²) in [4.78, 5) is 23.9. The highest BCUT2D eigenvalue weighted by molar-refractivity contribution is 5.70. The fraction of sp³-hybridized carbons (Fsp3) is 0.533. The Morgan fingerprint density at radius 2 is 2.19 bits per heavy atom. The Morgan fingerprint density at radius 1 is 1.48 bits per heavy atom. The van der Waals surface area contributed by atoms with Crippen LogP contribution in [0.2, 0.25) is 0 Å². The van der Waals surface area contributed by atoms with Crippen molar-refractivity contribution in [3.05, 3.63) is 39.9 Å². The van der Waals surface area contributed by atoms with Crippen LogP contribution in [-0.2, 0) is 11.2 Å². The predicted octanol–water partition coefficient (Wildman–Crippen LogP) is 2.32. The van der Waals surface area contributed by atoms with Crippen LogP contribution in [0.1, 0.15) is 25.3 Å². The number of hydrogen-bond acceptors (Lipinski definition) is 4. The van der Waals surface area contributed by atoms with Gasteiger partial charge < -0.3 is 10.0 Å². The molecule has 2 atom stereocenters. The van der Waals surface area contributed by atoms with Crippen molar-refractivity contribution in [1.82, 2.24) is 4.90 Å². The average molecular weight is 292 g/mol. The normalized spacial score (nSPS) is 22.9. The SMILES string of the molecule is CC1CC(C(=O)O)CCN1CCc1ccccc1[N+](=O)[O-]. The van der Waals surface area contributed by atoms with Gasteiger partial charge >= 0.3 is 5.97 Å². The first-order valence-corrected chi connectivity index (χ1v) is 7.18. The van der Waals surface area contributed by atoms with E-state index in [4.69, 9.17) is 5.11 Å². The van der Waals surface area contributed by atoms with Crippen molar-refractivity contribution in [3.8, 4) is 0 Å². The number of aliphatic carboxylic acids is 1. The highest BCUT2D eigenvalue weighted by Crippen LogP contribution is 2.24. The molecule has 0 aliphatic carbocycles. The zero-order valence-electron chi connectivity index (χ0n) is 12.1. The van der Waals surface area contributed by atoms with Crippen LogP contribution in [0, 0.1) is 16.0 Å². The van der Waals surface area contributed by atoms with Gasteiger partial charge in [0.05, 0.1) is 10.8 Å². The van der Waals surface area contributed by atoms with Crippen molar-refractivity contribution in [2.24, 2.45) is 5.92 Å². The van der Waals surface area contributed by atoms with E-state index < -0.39 is 5.97 Å². The minimum absolute atomic E-state index is 0.158. The number of carboxylic acid groups (broad SMARTS) is 1. The summed E-state index contributed by atoms with van der Waals surface area (Å²) < 4.78 is 0.